The Balaban J connectivity index is 1.45. The average Bonchev–Trinajstić information content (AvgIpc) is 3.39. The average molecular weight is 455 g/mol. The van der Waals surface area contributed by atoms with Gasteiger partial charge in [-0.15, -0.1) is 0 Å². The van der Waals surface area contributed by atoms with Crippen LogP contribution in [0, 0.1) is 5.82 Å². The molecule has 0 saturated carbocycles. The van der Waals surface area contributed by atoms with Crippen LogP contribution in [-0.4, -0.2) is 38.2 Å². The molecule has 156 valence electrons. The molecule has 0 unspecified atom stereocenters. The van der Waals surface area contributed by atoms with Gasteiger partial charge in [-0.05, 0) is 48.5 Å². The Morgan fingerprint density at radius 3 is 2.65 bits per heavy atom. The lowest BCUT2D eigenvalue weighted by Crippen LogP contribution is -2.28. The van der Waals surface area contributed by atoms with E-state index >= 15 is 0 Å². The summed E-state index contributed by atoms with van der Waals surface area (Å²) in [6, 6.07) is 14.4. The van der Waals surface area contributed by atoms with Gasteiger partial charge in [-0.25, -0.2) is 27.5 Å². The predicted octanol–water partition coefficient (Wildman–Crippen LogP) is 3.22. The third-order valence-electron chi connectivity index (χ3n) is 4.77. The lowest BCUT2D eigenvalue weighted by molar-refractivity contribution is 0.575. The molecule has 3 aromatic heterocycles. The van der Waals surface area contributed by atoms with E-state index in [1.807, 2.05) is 10.6 Å². The van der Waals surface area contributed by atoms with Crippen LogP contribution in [-0.2, 0) is 16.6 Å². The van der Waals surface area contributed by atoms with Crippen molar-refractivity contribution < 1.29 is 12.8 Å². The van der Waals surface area contributed by atoms with Gasteiger partial charge >= 0.3 is 0 Å². The number of imidazole rings is 1. The maximum absolute atomic E-state index is 13.4. The van der Waals surface area contributed by atoms with Crippen LogP contribution in [0.3, 0.4) is 0 Å². The fraction of sp³-hybridized carbons (Fsp3) is 0.100. The summed E-state index contributed by atoms with van der Waals surface area (Å²) in [5.74, 6) is 0.238. The number of nitrogens with one attached hydrogen (secondary N) is 1. The highest BCUT2D eigenvalue weighted by molar-refractivity contribution is 7.89. The Bertz CT molecular complexity index is 1500. The molecular formula is C20H15FN6O2S2. The molecular weight excluding hydrogens is 439 g/mol. The molecule has 0 atom stereocenters. The second-order valence-corrected chi connectivity index (χ2v) is 8.99. The quantitative estimate of drug-likeness (QED) is 0.423. The van der Waals surface area contributed by atoms with Gasteiger partial charge in [-0.1, -0.05) is 6.07 Å². The number of hydrogen-bond donors (Lipinski definition) is 1. The van der Waals surface area contributed by atoms with Crippen molar-refractivity contribution in [2.75, 3.05) is 6.54 Å². The summed E-state index contributed by atoms with van der Waals surface area (Å²) in [7, 11) is -3.80. The van der Waals surface area contributed by atoms with Crippen LogP contribution in [0.1, 0.15) is 0 Å². The minimum Gasteiger partial charge on any atom is -0.307 e. The number of pyridine rings is 1. The van der Waals surface area contributed by atoms with E-state index < -0.39 is 10.0 Å². The van der Waals surface area contributed by atoms with Gasteiger partial charge in [0, 0.05) is 24.8 Å². The monoisotopic (exact) mass is 454 g/mol. The molecule has 8 nitrogen and oxygen atoms in total. The van der Waals surface area contributed by atoms with Gasteiger partial charge in [-0.2, -0.15) is 8.75 Å². The van der Waals surface area contributed by atoms with E-state index in [0.717, 1.165) is 11.7 Å². The van der Waals surface area contributed by atoms with Crippen molar-refractivity contribution in [2.45, 2.75) is 11.4 Å². The van der Waals surface area contributed by atoms with Crippen LogP contribution in [0.4, 0.5) is 4.39 Å². The Morgan fingerprint density at radius 1 is 1.00 bits per heavy atom. The molecule has 11 heteroatoms. The number of rotatable bonds is 6. The molecule has 3 heterocycles. The SMILES string of the molecule is O=S(=O)(NCCn1c(-c2ccc(F)cc2)nc2cccnc21)c1cccc2nsnc12. The third-order valence-corrected chi connectivity index (χ3v) is 6.81. The summed E-state index contributed by atoms with van der Waals surface area (Å²) < 4.78 is 51.7. The fourth-order valence-electron chi connectivity index (χ4n) is 3.36. The molecule has 0 saturated heterocycles. The maximum atomic E-state index is 13.4. The van der Waals surface area contributed by atoms with Crippen LogP contribution in [0.15, 0.2) is 65.7 Å². The normalized spacial score (nSPS) is 12.0. The largest absolute Gasteiger partial charge is 0.307 e. The Kier molecular flexibility index (Phi) is 4.93. The van der Waals surface area contributed by atoms with Gasteiger partial charge in [0.15, 0.2) is 5.65 Å². The first kappa shape index (κ1) is 19.7. The maximum Gasteiger partial charge on any atom is 0.242 e. The summed E-state index contributed by atoms with van der Waals surface area (Å²) in [4.78, 5) is 9.08. The number of hydrogen-bond acceptors (Lipinski definition) is 7. The van der Waals surface area contributed by atoms with Gasteiger partial charge in [0.2, 0.25) is 10.0 Å². The van der Waals surface area contributed by atoms with Gasteiger partial charge < -0.3 is 4.57 Å². The van der Waals surface area contributed by atoms with Crippen molar-refractivity contribution in [3.63, 3.8) is 0 Å². The Labute approximate surface area is 180 Å². The lowest BCUT2D eigenvalue weighted by Gasteiger charge is -2.11. The van der Waals surface area contributed by atoms with Crippen LogP contribution in [0.5, 0.6) is 0 Å². The van der Waals surface area contributed by atoms with E-state index in [2.05, 4.69) is 23.4 Å². The van der Waals surface area contributed by atoms with Gasteiger partial charge in [-0.3, -0.25) is 0 Å². The smallest absolute Gasteiger partial charge is 0.242 e. The standard InChI is InChI=1S/C20H15FN6O2S2/c21-14-8-6-13(7-9-14)19-24-16-4-2-10-22-20(16)27(19)12-11-23-31(28,29)17-5-1-3-15-18(17)26-30-25-15/h1-10,23H,11-12H2. The number of nitrogens with zero attached hydrogens (tertiary/aromatic N) is 5. The van der Waals surface area contributed by atoms with E-state index in [4.69, 9.17) is 0 Å². The molecule has 0 spiro atoms. The van der Waals surface area contributed by atoms with E-state index in [-0.39, 0.29) is 23.8 Å². The Hall–Kier alpha value is -3.28. The van der Waals surface area contributed by atoms with Crippen molar-refractivity contribution in [1.82, 2.24) is 28.0 Å². The van der Waals surface area contributed by atoms with Crippen molar-refractivity contribution >= 4 is 43.9 Å². The molecule has 5 aromatic rings. The molecule has 1 N–H and O–H groups in total. The van der Waals surface area contributed by atoms with Gasteiger partial charge in [0.25, 0.3) is 0 Å². The fourth-order valence-corrected chi connectivity index (χ4v) is 5.14. The van der Waals surface area contributed by atoms with Crippen LogP contribution in [0.25, 0.3) is 33.6 Å². The molecule has 5 rings (SSSR count). The summed E-state index contributed by atoms with van der Waals surface area (Å²) >= 11 is 0.967. The highest BCUT2D eigenvalue weighted by atomic mass is 32.2. The first-order valence-corrected chi connectivity index (χ1v) is 11.5. The summed E-state index contributed by atoms with van der Waals surface area (Å²) in [6.07, 6.45) is 1.65. The number of sulfonamides is 1. The topological polar surface area (TPSA) is 103 Å². The minimum atomic E-state index is -3.80. The molecule has 2 aromatic carbocycles. The summed E-state index contributed by atoms with van der Waals surface area (Å²) in [6.45, 7) is 0.386. The van der Waals surface area contributed by atoms with Crippen molar-refractivity contribution in [2.24, 2.45) is 0 Å². The van der Waals surface area contributed by atoms with E-state index in [1.54, 1.807) is 36.5 Å². The highest BCUT2D eigenvalue weighted by Crippen LogP contribution is 2.24. The molecule has 0 aliphatic carbocycles. The molecule has 0 fully saturated rings. The lowest BCUT2D eigenvalue weighted by atomic mass is 10.2. The zero-order valence-corrected chi connectivity index (χ0v) is 17.6. The minimum absolute atomic E-state index is 0.0890. The van der Waals surface area contributed by atoms with Crippen LogP contribution < -0.4 is 4.72 Å². The number of benzene rings is 2. The Morgan fingerprint density at radius 2 is 1.81 bits per heavy atom. The van der Waals surface area contributed by atoms with Crippen molar-refractivity contribution in [3.05, 3.63) is 66.6 Å². The van der Waals surface area contributed by atoms with Gasteiger partial charge in [0.05, 0.1) is 11.7 Å². The number of aromatic nitrogens is 5. The third kappa shape index (κ3) is 3.67. The van der Waals surface area contributed by atoms with E-state index in [0.29, 0.717) is 33.6 Å². The second kappa shape index (κ2) is 7.76. The molecule has 0 aliphatic heterocycles. The molecule has 0 aliphatic rings. The van der Waals surface area contributed by atoms with Crippen molar-refractivity contribution in [3.8, 4) is 11.4 Å². The first-order chi connectivity index (χ1) is 15.0. The van der Waals surface area contributed by atoms with Crippen molar-refractivity contribution in [1.29, 1.82) is 0 Å². The summed E-state index contributed by atoms with van der Waals surface area (Å²) in [5, 5.41) is 0. The van der Waals surface area contributed by atoms with E-state index in [1.165, 1.54) is 18.2 Å². The summed E-state index contributed by atoms with van der Waals surface area (Å²) in [5.41, 5.74) is 2.88. The molecule has 0 radical (unpaired) electrons. The van der Waals surface area contributed by atoms with E-state index in [9.17, 15) is 12.8 Å². The highest BCUT2D eigenvalue weighted by Gasteiger charge is 2.20. The zero-order chi connectivity index (χ0) is 21.4. The first-order valence-electron chi connectivity index (χ1n) is 9.31. The molecule has 0 amide bonds. The number of fused-ring (bicyclic) bond motifs is 2. The predicted molar refractivity (Wildman–Crippen MR) is 116 cm³/mol. The zero-order valence-electron chi connectivity index (χ0n) is 15.9. The van der Waals surface area contributed by atoms with Gasteiger partial charge in [0.1, 0.15) is 33.1 Å². The van der Waals surface area contributed by atoms with Crippen LogP contribution >= 0.6 is 11.7 Å². The second-order valence-electron chi connectivity index (χ2n) is 6.73. The molecule has 31 heavy (non-hydrogen) atoms. The molecule has 0 bridgehead atoms. The number of halogens is 1. The van der Waals surface area contributed by atoms with Crippen LogP contribution in [0.2, 0.25) is 0 Å².